The number of fused-ring (bicyclic) bond motifs is 1. The maximum Gasteiger partial charge on any atom is 0.307 e. The van der Waals surface area contributed by atoms with Gasteiger partial charge in [-0.3, -0.25) is 9.59 Å². The topological polar surface area (TPSA) is 76.1 Å². The number of ether oxygens (including phenoxy) is 2. The highest BCUT2D eigenvalue weighted by Crippen LogP contribution is 2.46. The van der Waals surface area contributed by atoms with E-state index in [4.69, 9.17) is 9.47 Å². The molecule has 0 saturated heterocycles. The fraction of sp³-hybridized carbons (Fsp3) is 0.400. The third-order valence-corrected chi connectivity index (χ3v) is 6.32. The molecule has 1 N–H and O–H groups in total. The number of hydrogen-bond acceptors (Lipinski definition) is 5. The molecule has 0 bridgehead atoms. The Labute approximate surface area is 161 Å². The number of aliphatic carboxylic acids is 1. The number of carbonyl (C=O) groups excluding carboxylic acids is 1. The van der Waals surface area contributed by atoms with E-state index in [0.29, 0.717) is 30.9 Å². The molecule has 2 aliphatic rings. The molecule has 7 heteroatoms. The van der Waals surface area contributed by atoms with E-state index in [9.17, 15) is 14.7 Å². The average molecular weight is 387 g/mol. The summed E-state index contributed by atoms with van der Waals surface area (Å²) in [7, 11) is 3.20. The number of rotatable bonds is 5. The highest BCUT2D eigenvalue weighted by molar-refractivity contribution is 7.10. The lowest BCUT2D eigenvalue weighted by Gasteiger charge is -2.37. The Bertz CT molecular complexity index is 879. The first kappa shape index (κ1) is 17.9. The summed E-state index contributed by atoms with van der Waals surface area (Å²) in [5, 5.41) is 11.2. The Balaban J connectivity index is 1.75. The summed E-state index contributed by atoms with van der Waals surface area (Å²) >= 11 is 1.59. The average Bonchev–Trinajstić information content (AvgIpc) is 3.32. The van der Waals surface area contributed by atoms with Crippen molar-refractivity contribution in [2.75, 3.05) is 20.8 Å². The number of nitrogens with zero attached hydrogens (tertiary/aromatic N) is 1. The summed E-state index contributed by atoms with van der Waals surface area (Å²) in [5.74, 6) is -0.609. The van der Waals surface area contributed by atoms with Crippen LogP contribution in [0.15, 0.2) is 29.6 Å². The third kappa shape index (κ3) is 3.06. The lowest BCUT2D eigenvalue weighted by atomic mass is 9.90. The van der Waals surface area contributed by atoms with Crippen molar-refractivity contribution < 1.29 is 24.2 Å². The molecule has 142 valence electrons. The maximum atomic E-state index is 13.1. The van der Waals surface area contributed by atoms with Gasteiger partial charge in [0.2, 0.25) is 5.91 Å². The van der Waals surface area contributed by atoms with E-state index in [0.717, 1.165) is 16.0 Å². The molecule has 4 rings (SSSR count). The van der Waals surface area contributed by atoms with Crippen LogP contribution in [0.3, 0.4) is 0 Å². The van der Waals surface area contributed by atoms with Gasteiger partial charge in [0.05, 0.1) is 32.1 Å². The van der Waals surface area contributed by atoms with E-state index < -0.39 is 17.8 Å². The smallest absolute Gasteiger partial charge is 0.307 e. The van der Waals surface area contributed by atoms with E-state index in [-0.39, 0.29) is 11.9 Å². The van der Waals surface area contributed by atoms with Crippen LogP contribution in [0.25, 0.3) is 0 Å². The van der Waals surface area contributed by atoms with E-state index in [2.05, 4.69) is 0 Å². The number of hydrogen-bond donors (Lipinski definition) is 1. The summed E-state index contributed by atoms with van der Waals surface area (Å²) in [6.45, 7) is 0.562. The molecule has 0 radical (unpaired) electrons. The highest BCUT2D eigenvalue weighted by Gasteiger charge is 2.51. The van der Waals surface area contributed by atoms with Crippen LogP contribution in [0, 0.1) is 11.8 Å². The zero-order valence-electron chi connectivity index (χ0n) is 15.2. The summed E-state index contributed by atoms with van der Waals surface area (Å²) in [5.41, 5.74) is 2.14. The molecule has 0 unspecified atom stereocenters. The first-order valence-electron chi connectivity index (χ1n) is 8.86. The number of thiophene rings is 1. The van der Waals surface area contributed by atoms with Gasteiger partial charge < -0.3 is 19.5 Å². The number of carboxylic acid groups (broad SMARTS) is 1. The molecule has 2 aromatic rings. The summed E-state index contributed by atoms with van der Waals surface area (Å²) in [4.78, 5) is 27.2. The monoisotopic (exact) mass is 387 g/mol. The fourth-order valence-electron chi connectivity index (χ4n) is 3.89. The van der Waals surface area contributed by atoms with Crippen molar-refractivity contribution in [2.24, 2.45) is 11.8 Å². The molecule has 0 spiro atoms. The molecule has 1 aromatic carbocycles. The Morgan fingerprint density at radius 2 is 1.93 bits per heavy atom. The van der Waals surface area contributed by atoms with Crippen molar-refractivity contribution in [1.82, 2.24) is 4.90 Å². The molecular weight excluding hydrogens is 366 g/mol. The minimum Gasteiger partial charge on any atom is -0.493 e. The largest absolute Gasteiger partial charge is 0.493 e. The van der Waals surface area contributed by atoms with Crippen LogP contribution in [0.2, 0.25) is 0 Å². The van der Waals surface area contributed by atoms with Gasteiger partial charge in [-0.05, 0) is 47.5 Å². The van der Waals surface area contributed by atoms with Crippen LogP contribution in [-0.4, -0.2) is 42.6 Å². The molecule has 3 atom stereocenters. The lowest BCUT2D eigenvalue weighted by molar-refractivity contribution is -0.142. The van der Waals surface area contributed by atoms with Gasteiger partial charge >= 0.3 is 5.97 Å². The van der Waals surface area contributed by atoms with E-state index >= 15 is 0 Å². The van der Waals surface area contributed by atoms with Gasteiger partial charge in [0.1, 0.15) is 0 Å². The molecule has 1 amide bonds. The van der Waals surface area contributed by atoms with Gasteiger partial charge in [-0.2, -0.15) is 0 Å². The summed E-state index contributed by atoms with van der Waals surface area (Å²) in [6.07, 6.45) is 1.13. The molecule has 2 heterocycles. The van der Waals surface area contributed by atoms with Gasteiger partial charge in [0.25, 0.3) is 0 Å². The molecule has 1 aromatic heterocycles. The normalized spacial score (nSPS) is 23.5. The molecule has 27 heavy (non-hydrogen) atoms. The van der Waals surface area contributed by atoms with Crippen LogP contribution >= 0.6 is 11.3 Å². The number of carbonyl (C=O) groups is 2. The van der Waals surface area contributed by atoms with E-state index in [1.54, 1.807) is 25.6 Å². The Morgan fingerprint density at radius 1 is 1.19 bits per heavy atom. The molecule has 1 aliphatic carbocycles. The van der Waals surface area contributed by atoms with Crippen molar-refractivity contribution in [1.29, 1.82) is 0 Å². The van der Waals surface area contributed by atoms with E-state index in [1.807, 2.05) is 34.5 Å². The predicted octanol–water partition coefficient (Wildman–Crippen LogP) is 2.96. The van der Waals surface area contributed by atoms with Crippen molar-refractivity contribution in [3.8, 4) is 11.5 Å². The SMILES string of the molecule is COc1cc2c(cc1OC)[C@H](c1cccs1)N(C(=O)[C@H]1C[C@H]1C(=O)O)CC2. The van der Waals surface area contributed by atoms with Gasteiger partial charge in [0, 0.05) is 11.4 Å². The molecule has 1 fully saturated rings. The first-order chi connectivity index (χ1) is 13.0. The number of carboxylic acids is 1. The molecular formula is C20H21NO5S. The second-order valence-corrected chi connectivity index (χ2v) is 7.87. The van der Waals surface area contributed by atoms with Crippen molar-refractivity contribution >= 4 is 23.2 Å². The quantitative estimate of drug-likeness (QED) is 0.854. The fourth-order valence-corrected chi connectivity index (χ4v) is 4.75. The zero-order valence-corrected chi connectivity index (χ0v) is 16.0. The van der Waals surface area contributed by atoms with Crippen LogP contribution in [0.5, 0.6) is 11.5 Å². The first-order valence-corrected chi connectivity index (χ1v) is 9.74. The minimum absolute atomic E-state index is 0.0683. The van der Waals surface area contributed by atoms with Crippen molar-refractivity contribution in [3.63, 3.8) is 0 Å². The van der Waals surface area contributed by atoms with Crippen molar-refractivity contribution in [2.45, 2.75) is 18.9 Å². The lowest BCUT2D eigenvalue weighted by Crippen LogP contribution is -2.41. The van der Waals surface area contributed by atoms with E-state index in [1.165, 1.54) is 0 Å². The summed E-state index contributed by atoms with van der Waals surface area (Å²) in [6, 6.07) is 7.68. The number of amides is 1. The second-order valence-electron chi connectivity index (χ2n) is 6.89. The molecule has 6 nitrogen and oxygen atoms in total. The van der Waals surface area contributed by atoms with Crippen LogP contribution in [0.4, 0.5) is 0 Å². The van der Waals surface area contributed by atoms with Gasteiger partial charge in [-0.15, -0.1) is 11.3 Å². The Hall–Kier alpha value is -2.54. The van der Waals surface area contributed by atoms with Crippen LogP contribution in [0.1, 0.15) is 28.5 Å². The Morgan fingerprint density at radius 3 is 2.52 bits per heavy atom. The minimum atomic E-state index is -0.884. The highest BCUT2D eigenvalue weighted by atomic mass is 32.1. The summed E-state index contributed by atoms with van der Waals surface area (Å²) < 4.78 is 10.9. The zero-order chi connectivity index (χ0) is 19.1. The predicted molar refractivity (Wildman–Crippen MR) is 100 cm³/mol. The Kier molecular flexibility index (Phi) is 4.55. The maximum absolute atomic E-state index is 13.1. The number of methoxy groups -OCH3 is 2. The number of benzene rings is 1. The molecule has 1 saturated carbocycles. The van der Waals surface area contributed by atoms with Gasteiger partial charge in [0.15, 0.2) is 11.5 Å². The van der Waals surface area contributed by atoms with Crippen molar-refractivity contribution in [3.05, 3.63) is 45.6 Å². The standard InChI is InChI=1S/C20H21NO5S/c1-25-15-8-11-5-6-21(19(22)13-9-14(13)20(23)24)18(17-4-3-7-27-17)12(11)10-16(15)26-2/h3-4,7-8,10,13-14,18H,5-6,9H2,1-2H3,(H,23,24)/t13-,14+,18+/m0/s1. The van der Waals surface area contributed by atoms with Gasteiger partial charge in [-0.25, -0.2) is 0 Å². The van der Waals surface area contributed by atoms with Gasteiger partial charge in [-0.1, -0.05) is 6.07 Å². The second kappa shape index (κ2) is 6.88. The van der Waals surface area contributed by atoms with Crippen LogP contribution < -0.4 is 9.47 Å². The van der Waals surface area contributed by atoms with Crippen LogP contribution in [-0.2, 0) is 16.0 Å². The third-order valence-electron chi connectivity index (χ3n) is 5.39. The molecule has 1 aliphatic heterocycles.